The zero-order valence-corrected chi connectivity index (χ0v) is 13.5. The number of hydrogen-bond acceptors (Lipinski definition) is 4. The number of ether oxygens (including phenoxy) is 1. The number of urea groups is 1. The Morgan fingerprint density at radius 2 is 2.00 bits per heavy atom. The number of carbonyl (C=O) groups is 2. The van der Waals surface area contributed by atoms with E-state index in [1.165, 1.54) is 0 Å². The number of aromatic nitrogens is 1. The van der Waals surface area contributed by atoms with Crippen molar-refractivity contribution < 1.29 is 14.3 Å². The van der Waals surface area contributed by atoms with Crippen molar-refractivity contribution in [2.24, 2.45) is 0 Å². The number of anilines is 1. The van der Waals surface area contributed by atoms with E-state index in [4.69, 9.17) is 4.74 Å². The second kappa shape index (κ2) is 8.86. The Hall–Kier alpha value is -2.31. The molecule has 122 valence electrons. The van der Waals surface area contributed by atoms with E-state index in [1.807, 2.05) is 20.8 Å². The van der Waals surface area contributed by atoms with Crippen LogP contribution < -0.4 is 20.7 Å². The molecule has 0 aliphatic rings. The molecule has 3 N–H and O–H groups in total. The van der Waals surface area contributed by atoms with Crippen molar-refractivity contribution in [2.75, 3.05) is 11.9 Å². The summed E-state index contributed by atoms with van der Waals surface area (Å²) in [5.74, 6) is 0.123. The van der Waals surface area contributed by atoms with Gasteiger partial charge in [0, 0.05) is 12.2 Å². The molecule has 2 unspecified atom stereocenters. The minimum atomic E-state index is -0.638. The van der Waals surface area contributed by atoms with Crippen LogP contribution in [0.4, 0.5) is 10.5 Å². The van der Waals surface area contributed by atoms with Gasteiger partial charge in [-0.25, -0.2) is 9.78 Å². The number of amides is 3. The third kappa shape index (κ3) is 5.59. The summed E-state index contributed by atoms with van der Waals surface area (Å²) in [6.45, 7) is 7.80. The SMILES string of the molecule is CCOc1ncccc1NC(=O)NC(C)C(=O)NC(C)CC. The van der Waals surface area contributed by atoms with E-state index in [0.717, 1.165) is 6.42 Å². The summed E-state index contributed by atoms with van der Waals surface area (Å²) in [6, 6.07) is 2.32. The number of rotatable bonds is 7. The first kappa shape index (κ1) is 17.7. The van der Waals surface area contributed by atoms with E-state index in [0.29, 0.717) is 18.2 Å². The molecular weight excluding hydrogens is 284 g/mol. The van der Waals surface area contributed by atoms with Crippen LogP contribution in [0.25, 0.3) is 0 Å². The number of nitrogens with one attached hydrogen (secondary N) is 3. The van der Waals surface area contributed by atoms with Gasteiger partial charge in [-0.2, -0.15) is 0 Å². The maximum Gasteiger partial charge on any atom is 0.320 e. The van der Waals surface area contributed by atoms with Crippen molar-refractivity contribution in [1.29, 1.82) is 0 Å². The highest BCUT2D eigenvalue weighted by Crippen LogP contribution is 2.20. The summed E-state index contributed by atoms with van der Waals surface area (Å²) >= 11 is 0. The van der Waals surface area contributed by atoms with Gasteiger partial charge in [0.05, 0.1) is 6.61 Å². The van der Waals surface area contributed by atoms with E-state index in [-0.39, 0.29) is 11.9 Å². The molecule has 1 rings (SSSR count). The predicted molar refractivity (Wildman–Crippen MR) is 84.9 cm³/mol. The fraction of sp³-hybridized carbons (Fsp3) is 0.533. The van der Waals surface area contributed by atoms with Crippen molar-refractivity contribution >= 4 is 17.6 Å². The first-order chi connectivity index (χ1) is 10.5. The lowest BCUT2D eigenvalue weighted by Gasteiger charge is -2.18. The molecule has 1 aromatic rings. The maximum atomic E-state index is 12.0. The zero-order chi connectivity index (χ0) is 16.5. The van der Waals surface area contributed by atoms with Gasteiger partial charge < -0.3 is 20.7 Å². The van der Waals surface area contributed by atoms with Gasteiger partial charge in [0.25, 0.3) is 0 Å². The van der Waals surface area contributed by atoms with Gasteiger partial charge in [-0.1, -0.05) is 6.92 Å². The Bertz CT molecular complexity index is 507. The highest BCUT2D eigenvalue weighted by Gasteiger charge is 2.17. The van der Waals surface area contributed by atoms with Gasteiger partial charge >= 0.3 is 6.03 Å². The molecule has 7 nitrogen and oxygen atoms in total. The Morgan fingerprint density at radius 1 is 1.27 bits per heavy atom. The standard InChI is InChI=1S/C15H24N4O3/c1-5-10(3)17-13(20)11(4)18-15(21)19-12-8-7-9-16-14(12)22-6-2/h7-11H,5-6H2,1-4H3,(H,17,20)(H2,18,19,21). The molecule has 3 amide bonds. The Kier molecular flexibility index (Phi) is 7.15. The zero-order valence-electron chi connectivity index (χ0n) is 13.5. The second-order valence-electron chi connectivity index (χ2n) is 4.93. The van der Waals surface area contributed by atoms with E-state index < -0.39 is 12.1 Å². The molecule has 0 bridgehead atoms. The largest absolute Gasteiger partial charge is 0.476 e. The molecule has 0 saturated heterocycles. The molecule has 7 heteroatoms. The third-order valence-corrected chi connectivity index (χ3v) is 3.04. The molecule has 0 aromatic carbocycles. The van der Waals surface area contributed by atoms with Crippen LogP contribution in [0.3, 0.4) is 0 Å². The van der Waals surface area contributed by atoms with Crippen molar-refractivity contribution in [3.8, 4) is 5.88 Å². The highest BCUT2D eigenvalue weighted by atomic mass is 16.5. The summed E-state index contributed by atoms with van der Waals surface area (Å²) in [5.41, 5.74) is 0.455. The summed E-state index contributed by atoms with van der Waals surface area (Å²) in [7, 11) is 0. The van der Waals surface area contributed by atoms with Gasteiger partial charge in [0.15, 0.2) is 0 Å². The highest BCUT2D eigenvalue weighted by molar-refractivity contribution is 5.94. The van der Waals surface area contributed by atoms with Gasteiger partial charge in [-0.3, -0.25) is 4.79 Å². The molecule has 0 fully saturated rings. The number of nitrogens with zero attached hydrogens (tertiary/aromatic N) is 1. The van der Waals surface area contributed by atoms with Crippen molar-refractivity contribution in [3.05, 3.63) is 18.3 Å². The van der Waals surface area contributed by atoms with Crippen LogP contribution in [0.5, 0.6) is 5.88 Å². The lowest BCUT2D eigenvalue weighted by molar-refractivity contribution is -0.123. The van der Waals surface area contributed by atoms with E-state index in [1.54, 1.807) is 25.3 Å². The molecule has 22 heavy (non-hydrogen) atoms. The van der Waals surface area contributed by atoms with Gasteiger partial charge in [0.2, 0.25) is 11.8 Å². The molecule has 1 heterocycles. The van der Waals surface area contributed by atoms with Crippen LogP contribution in [0.15, 0.2) is 18.3 Å². The average Bonchev–Trinajstić information content (AvgIpc) is 2.49. The molecule has 0 aliphatic carbocycles. The number of hydrogen-bond donors (Lipinski definition) is 3. The van der Waals surface area contributed by atoms with Crippen LogP contribution >= 0.6 is 0 Å². The van der Waals surface area contributed by atoms with Crippen LogP contribution in [0.2, 0.25) is 0 Å². The third-order valence-electron chi connectivity index (χ3n) is 3.04. The summed E-state index contributed by atoms with van der Waals surface area (Å²) in [4.78, 5) is 27.9. The number of carbonyl (C=O) groups excluding carboxylic acids is 2. The molecular formula is C15H24N4O3. The lowest BCUT2D eigenvalue weighted by atomic mass is 10.2. The van der Waals surface area contributed by atoms with Crippen LogP contribution in [-0.2, 0) is 4.79 Å². The van der Waals surface area contributed by atoms with Crippen LogP contribution in [0.1, 0.15) is 34.1 Å². The molecule has 0 saturated carbocycles. The van der Waals surface area contributed by atoms with Gasteiger partial charge in [-0.15, -0.1) is 0 Å². The first-order valence-electron chi connectivity index (χ1n) is 7.43. The average molecular weight is 308 g/mol. The summed E-state index contributed by atoms with van der Waals surface area (Å²) < 4.78 is 5.32. The smallest absolute Gasteiger partial charge is 0.320 e. The first-order valence-corrected chi connectivity index (χ1v) is 7.43. The quantitative estimate of drug-likeness (QED) is 0.717. The van der Waals surface area contributed by atoms with E-state index >= 15 is 0 Å². The lowest BCUT2D eigenvalue weighted by Crippen LogP contribution is -2.48. The fourth-order valence-electron chi connectivity index (χ4n) is 1.63. The van der Waals surface area contributed by atoms with Crippen molar-refractivity contribution in [2.45, 2.75) is 46.2 Å². The molecule has 1 aromatic heterocycles. The Morgan fingerprint density at radius 3 is 2.64 bits per heavy atom. The van der Waals surface area contributed by atoms with E-state index in [2.05, 4.69) is 20.9 Å². The minimum Gasteiger partial charge on any atom is -0.476 e. The minimum absolute atomic E-state index is 0.0719. The second-order valence-corrected chi connectivity index (χ2v) is 4.93. The van der Waals surface area contributed by atoms with Crippen molar-refractivity contribution in [3.63, 3.8) is 0 Å². The monoisotopic (exact) mass is 308 g/mol. The maximum absolute atomic E-state index is 12.0. The normalized spacial score (nSPS) is 12.9. The van der Waals surface area contributed by atoms with Gasteiger partial charge in [-0.05, 0) is 39.3 Å². The number of pyridine rings is 1. The van der Waals surface area contributed by atoms with Crippen LogP contribution in [-0.4, -0.2) is 35.6 Å². The predicted octanol–water partition coefficient (Wildman–Crippen LogP) is 1.90. The molecule has 0 spiro atoms. The summed E-state index contributed by atoms with van der Waals surface area (Å²) in [6.07, 6.45) is 2.41. The van der Waals surface area contributed by atoms with Crippen molar-refractivity contribution in [1.82, 2.24) is 15.6 Å². The van der Waals surface area contributed by atoms with Crippen LogP contribution in [0, 0.1) is 0 Å². The topological polar surface area (TPSA) is 92.3 Å². The molecule has 2 atom stereocenters. The Balaban J connectivity index is 2.57. The molecule has 0 aliphatic heterocycles. The molecule has 0 radical (unpaired) electrons. The van der Waals surface area contributed by atoms with Gasteiger partial charge in [0.1, 0.15) is 11.7 Å². The van der Waals surface area contributed by atoms with E-state index in [9.17, 15) is 9.59 Å². The Labute approximate surface area is 130 Å². The fourth-order valence-corrected chi connectivity index (χ4v) is 1.63. The summed E-state index contributed by atoms with van der Waals surface area (Å²) in [5, 5.41) is 8.02.